The summed E-state index contributed by atoms with van der Waals surface area (Å²) in [5.74, 6) is -4.30. The second-order valence-electron chi connectivity index (χ2n) is 7.55. The van der Waals surface area contributed by atoms with Crippen LogP contribution in [-0.2, 0) is 19.7 Å². The minimum Gasteiger partial charge on any atom is -0.507 e. The van der Waals surface area contributed by atoms with Crippen molar-refractivity contribution in [2.45, 2.75) is 18.7 Å². The molecule has 1 aliphatic rings. The first-order chi connectivity index (χ1) is 16.1. The topological polar surface area (TPSA) is 166 Å². The van der Waals surface area contributed by atoms with E-state index in [0.29, 0.717) is 0 Å². The number of phenols is 1. The number of hydrogen-bond donors (Lipinski definition) is 4. The van der Waals surface area contributed by atoms with Crippen molar-refractivity contribution < 1.29 is 131 Å². The van der Waals surface area contributed by atoms with Gasteiger partial charge >= 0.3 is 101 Å². The molecule has 2 aromatic carbocycles. The zero-order valence-electron chi connectivity index (χ0n) is 21.0. The second kappa shape index (κ2) is 14.5. The minimum absolute atomic E-state index is 0. The number of hydrogen-bond acceptors (Lipinski definition) is 6. The third-order valence-electron chi connectivity index (χ3n) is 5.20. The molecule has 0 unspecified atom stereocenters. The molecule has 182 valence electrons. The van der Waals surface area contributed by atoms with Crippen molar-refractivity contribution in [2.75, 3.05) is 0 Å². The number of allylic oxidation sites excluding steroid dienone is 4. The zero-order chi connectivity index (χ0) is 26.4. The quantitative estimate of drug-likeness (QED) is 0.148. The molecule has 3 rings (SSSR count). The Kier molecular flexibility index (Phi) is 14.3. The van der Waals surface area contributed by atoms with Crippen LogP contribution in [0.3, 0.4) is 0 Å². The van der Waals surface area contributed by atoms with E-state index in [0.717, 1.165) is 24.3 Å². The number of halogens is 2. The number of aromatic hydroxyl groups is 1. The monoisotopic (exact) mass is 607 g/mol. The van der Waals surface area contributed by atoms with E-state index in [1.54, 1.807) is 0 Å². The summed E-state index contributed by atoms with van der Waals surface area (Å²) in [6, 6.07) is 4.50. The maximum atomic E-state index is 12.4. The zero-order valence-corrected chi connectivity index (χ0v) is 29.3. The van der Waals surface area contributed by atoms with E-state index in [1.165, 1.54) is 26.0 Å². The van der Waals surface area contributed by atoms with Crippen LogP contribution in [0.2, 0.25) is 10.0 Å². The largest absolute Gasteiger partial charge is 1.00 e. The van der Waals surface area contributed by atoms with Crippen molar-refractivity contribution in [3.8, 4) is 5.75 Å². The third kappa shape index (κ3) is 7.64. The molecule has 0 atom stereocenters. The molecular weight excluding hydrogens is 592 g/mol. The van der Waals surface area contributed by atoms with Crippen molar-refractivity contribution >= 4 is 56.6 Å². The van der Waals surface area contributed by atoms with Gasteiger partial charge in [0, 0.05) is 5.56 Å². The molecule has 1 aliphatic carbocycles. The van der Waals surface area contributed by atoms with Crippen molar-refractivity contribution in [2.24, 2.45) is 0 Å². The average Bonchev–Trinajstić information content (AvgIpc) is 2.73. The number of ketones is 1. The fourth-order valence-corrected chi connectivity index (χ4v) is 5.00. The summed E-state index contributed by atoms with van der Waals surface area (Å²) in [7, 11) is -4.83. The van der Waals surface area contributed by atoms with Gasteiger partial charge in [0.1, 0.15) is 21.8 Å². The molecule has 0 spiro atoms. The summed E-state index contributed by atoms with van der Waals surface area (Å²) in [4.78, 5) is 35.1. The van der Waals surface area contributed by atoms with E-state index in [4.69, 9.17) is 23.2 Å². The Hall–Kier alpha value is -0.440. The first kappa shape index (κ1) is 37.6. The van der Waals surface area contributed by atoms with Crippen LogP contribution in [0.15, 0.2) is 58.0 Å². The number of benzene rings is 2. The van der Waals surface area contributed by atoms with Crippen molar-refractivity contribution in [1.29, 1.82) is 0 Å². The van der Waals surface area contributed by atoms with Gasteiger partial charge in [0.05, 0.1) is 10.0 Å². The number of carbonyl (C=O) groups excluding carboxylic acids is 1. The van der Waals surface area contributed by atoms with Gasteiger partial charge in [-0.2, -0.15) is 8.42 Å². The molecule has 9 nitrogen and oxygen atoms in total. The third-order valence-corrected chi connectivity index (χ3v) is 6.91. The molecule has 0 radical (unpaired) electrons. The molecule has 15 heteroatoms. The maximum Gasteiger partial charge on any atom is 1.00 e. The van der Waals surface area contributed by atoms with Crippen LogP contribution >= 0.6 is 23.2 Å². The van der Waals surface area contributed by atoms with Crippen molar-refractivity contribution in [1.82, 2.24) is 0 Å². The van der Waals surface area contributed by atoms with Crippen LogP contribution in [0.5, 0.6) is 5.75 Å². The van der Waals surface area contributed by atoms with Gasteiger partial charge in [-0.05, 0) is 78.1 Å². The predicted molar refractivity (Wildman–Crippen MR) is 127 cm³/mol. The first-order valence-electron chi connectivity index (χ1n) is 9.60. The Labute approximate surface area is 294 Å². The van der Waals surface area contributed by atoms with Crippen molar-refractivity contribution in [3.63, 3.8) is 0 Å². The van der Waals surface area contributed by atoms with E-state index in [1.807, 2.05) is 0 Å². The molecule has 0 bridgehead atoms. The maximum absolute atomic E-state index is 12.4. The number of carboxylic acid groups (broad SMARTS) is 2. The number of carboxylic acids is 2. The summed E-state index contributed by atoms with van der Waals surface area (Å²) < 4.78 is 33.4. The van der Waals surface area contributed by atoms with E-state index in [-0.39, 0.29) is 127 Å². The first-order valence-corrected chi connectivity index (χ1v) is 11.8. The number of aromatic carboxylic acids is 1. The van der Waals surface area contributed by atoms with Gasteiger partial charge < -0.3 is 15.3 Å². The summed E-state index contributed by atoms with van der Waals surface area (Å²) in [6.45, 7) is 2.77. The summed E-state index contributed by atoms with van der Waals surface area (Å²) >= 11 is 12.7. The number of rotatable bonds is 5. The van der Waals surface area contributed by atoms with Crippen LogP contribution < -0.4 is 88.7 Å². The Balaban J connectivity index is 0.00000456. The number of aliphatic carboxylic acids is 1. The fourth-order valence-electron chi connectivity index (χ4n) is 3.58. The van der Waals surface area contributed by atoms with Gasteiger partial charge in [0.15, 0.2) is 5.78 Å². The molecule has 0 aromatic heterocycles. The summed E-state index contributed by atoms with van der Waals surface area (Å²) in [6.07, 6.45) is 2.32. The summed E-state index contributed by atoms with van der Waals surface area (Å²) in [5.41, 5.74) is -1.10. The van der Waals surface area contributed by atoms with Crippen LogP contribution in [-0.4, -0.2) is 46.0 Å². The van der Waals surface area contributed by atoms with Gasteiger partial charge in [-0.3, -0.25) is 9.35 Å². The van der Waals surface area contributed by atoms with Crippen LogP contribution in [0.25, 0.3) is 5.57 Å². The fraction of sp³-hybridized carbons (Fsp3) is 0.0870. The smallest absolute Gasteiger partial charge is 0.507 e. The molecule has 4 N–H and O–H groups in total. The Bertz CT molecular complexity index is 1550. The van der Waals surface area contributed by atoms with Gasteiger partial charge in [-0.15, -0.1) is 0 Å². The number of aryl methyl sites for hydroxylation is 1. The van der Waals surface area contributed by atoms with Gasteiger partial charge in [-0.1, -0.05) is 23.2 Å². The van der Waals surface area contributed by atoms with E-state index in [2.05, 4.69) is 0 Å². The standard InChI is InChI=1S/C23H16Cl2O9S.3Na/c1-9-5-11(7-13(20(9)26)22(28)29)17(12-6-10(2)21(27)14(8-12)23(30)31)18-15(24)3-4-16(19(18)25)35(32,33)34;;;/h3-8,26H,1-2H3,(H,28,29)(H,30,31)(H,32,33,34);;;/q;3*+1. The van der Waals surface area contributed by atoms with E-state index >= 15 is 0 Å². The van der Waals surface area contributed by atoms with Gasteiger partial charge in [0.2, 0.25) is 0 Å². The Morgan fingerprint density at radius 1 is 0.921 bits per heavy atom. The molecule has 0 aliphatic heterocycles. The number of carbonyl (C=O) groups is 3. The van der Waals surface area contributed by atoms with Crippen molar-refractivity contribution in [3.05, 3.63) is 85.4 Å². The van der Waals surface area contributed by atoms with Crippen LogP contribution in [0, 0.1) is 6.92 Å². The SMILES string of the molecule is CC1=CC(=C(c2cc(C)c(O)c(C(=O)O)c2)c2c(Cl)ccc(S(=O)(=O)O)c2Cl)C=C(C(=O)O)C1=O.[Na+].[Na+].[Na+]. The average molecular weight is 608 g/mol. The normalized spacial score (nSPS) is 14.2. The molecule has 0 saturated carbocycles. The molecule has 0 heterocycles. The molecule has 38 heavy (non-hydrogen) atoms. The van der Waals surface area contributed by atoms with Crippen LogP contribution in [0.4, 0.5) is 0 Å². The van der Waals surface area contributed by atoms with Gasteiger partial charge in [0.25, 0.3) is 10.1 Å². The van der Waals surface area contributed by atoms with E-state index < -0.39 is 54.6 Å². The Morgan fingerprint density at radius 3 is 2.00 bits per heavy atom. The molecule has 0 saturated heterocycles. The molecule has 2 aromatic rings. The molecule has 0 amide bonds. The number of Topliss-reactive ketones (excluding diaryl/α,β-unsaturated/α-hetero) is 1. The van der Waals surface area contributed by atoms with E-state index in [9.17, 15) is 42.7 Å². The Morgan fingerprint density at radius 2 is 1.50 bits per heavy atom. The second-order valence-corrected chi connectivity index (χ2v) is 9.73. The minimum atomic E-state index is -4.83. The van der Waals surface area contributed by atoms with Gasteiger partial charge in [-0.25, -0.2) is 9.59 Å². The molecular formula is C23H16Cl2Na3O9S+3. The van der Waals surface area contributed by atoms with Crippen LogP contribution in [0.1, 0.15) is 34.0 Å². The summed E-state index contributed by atoms with van der Waals surface area (Å²) in [5, 5.41) is 28.6. The predicted octanol–water partition coefficient (Wildman–Crippen LogP) is -4.69. The molecule has 0 fully saturated rings.